The number of thioether (sulfide) groups is 1. The van der Waals surface area contributed by atoms with Gasteiger partial charge in [-0.15, -0.1) is 0 Å². The van der Waals surface area contributed by atoms with Crippen LogP contribution in [0.25, 0.3) is 6.08 Å². The van der Waals surface area contributed by atoms with Gasteiger partial charge in [0.05, 0.1) is 11.4 Å². The summed E-state index contributed by atoms with van der Waals surface area (Å²) in [5, 5.41) is 0.239. The van der Waals surface area contributed by atoms with Crippen molar-refractivity contribution in [2.75, 3.05) is 26.2 Å². The lowest BCUT2D eigenvalue weighted by molar-refractivity contribution is -0.123. The zero-order valence-corrected chi connectivity index (χ0v) is 20.2. The van der Waals surface area contributed by atoms with E-state index in [4.69, 9.17) is 11.6 Å². The van der Waals surface area contributed by atoms with Gasteiger partial charge in [-0.1, -0.05) is 35.9 Å². The maximum atomic E-state index is 13.0. The predicted molar refractivity (Wildman–Crippen MR) is 132 cm³/mol. The Labute approximate surface area is 203 Å². The van der Waals surface area contributed by atoms with E-state index in [1.54, 1.807) is 42.5 Å². The fourth-order valence-corrected chi connectivity index (χ4v) is 5.04. The summed E-state index contributed by atoms with van der Waals surface area (Å²) in [4.78, 5) is 44.1. The molecule has 0 unspecified atom stereocenters. The molecule has 172 valence electrons. The predicted octanol–water partition coefficient (Wildman–Crippen LogP) is 4.74. The molecule has 0 spiro atoms. The van der Waals surface area contributed by atoms with Crippen molar-refractivity contribution in [3.63, 3.8) is 0 Å². The number of benzene rings is 2. The first-order valence-corrected chi connectivity index (χ1v) is 12.1. The Balaban J connectivity index is 1.46. The van der Waals surface area contributed by atoms with Crippen molar-refractivity contribution in [2.45, 2.75) is 26.4 Å². The van der Waals surface area contributed by atoms with E-state index in [9.17, 15) is 14.4 Å². The molecule has 2 aliphatic heterocycles. The van der Waals surface area contributed by atoms with Gasteiger partial charge in [0.1, 0.15) is 0 Å². The highest BCUT2D eigenvalue weighted by Gasteiger charge is 2.35. The highest BCUT2D eigenvalue weighted by molar-refractivity contribution is 8.18. The Kier molecular flexibility index (Phi) is 7.22. The topological polar surface area (TPSA) is 60.9 Å². The van der Waals surface area contributed by atoms with Gasteiger partial charge in [0, 0.05) is 42.8 Å². The molecule has 0 radical (unpaired) electrons. The molecule has 2 aromatic rings. The smallest absolute Gasteiger partial charge is 0.293 e. The highest BCUT2D eigenvalue weighted by Crippen LogP contribution is 2.33. The molecule has 3 amide bonds. The molecule has 2 fully saturated rings. The molecule has 0 aromatic heterocycles. The zero-order chi connectivity index (χ0) is 23.5. The van der Waals surface area contributed by atoms with Crippen molar-refractivity contribution in [2.24, 2.45) is 0 Å². The lowest BCUT2D eigenvalue weighted by atomic mass is 10.1. The molecule has 0 bridgehead atoms. The van der Waals surface area contributed by atoms with Crippen molar-refractivity contribution in [3.8, 4) is 0 Å². The lowest BCUT2D eigenvalue weighted by Crippen LogP contribution is -2.50. The maximum absolute atomic E-state index is 13.0. The van der Waals surface area contributed by atoms with Crippen molar-refractivity contribution in [1.29, 1.82) is 0 Å². The fourth-order valence-electron chi connectivity index (χ4n) is 3.99. The summed E-state index contributed by atoms with van der Waals surface area (Å²) in [6.45, 7) is 7.62. The van der Waals surface area contributed by atoms with Crippen molar-refractivity contribution < 1.29 is 14.4 Å². The molecular formula is C25H26ClN3O3S. The van der Waals surface area contributed by atoms with Gasteiger partial charge in [-0.2, -0.15) is 0 Å². The van der Waals surface area contributed by atoms with Crippen LogP contribution in [0.4, 0.5) is 4.79 Å². The van der Waals surface area contributed by atoms with Gasteiger partial charge in [-0.05, 0) is 67.1 Å². The van der Waals surface area contributed by atoms with Gasteiger partial charge >= 0.3 is 0 Å². The summed E-state index contributed by atoms with van der Waals surface area (Å²) in [6, 6.07) is 14.8. The SMILES string of the molecule is CC(C)N1CCN(C(=O)c2cccc(C=C3SC(=O)N(Cc4cccc(Cl)c4)C3=O)c2)CC1. The van der Waals surface area contributed by atoms with E-state index in [-0.39, 0.29) is 23.6 Å². The minimum atomic E-state index is -0.341. The van der Waals surface area contributed by atoms with Crippen molar-refractivity contribution >= 4 is 46.5 Å². The number of halogens is 1. The Morgan fingerprint density at radius 1 is 1.06 bits per heavy atom. The van der Waals surface area contributed by atoms with Crippen LogP contribution in [-0.4, -0.2) is 64.0 Å². The molecule has 0 atom stereocenters. The first kappa shape index (κ1) is 23.5. The molecule has 2 aliphatic rings. The van der Waals surface area contributed by atoms with Gasteiger partial charge in [-0.3, -0.25) is 24.2 Å². The average molecular weight is 484 g/mol. The monoisotopic (exact) mass is 483 g/mol. The molecule has 6 nitrogen and oxygen atoms in total. The summed E-state index contributed by atoms with van der Waals surface area (Å²) >= 11 is 6.93. The van der Waals surface area contributed by atoms with Gasteiger partial charge in [0.15, 0.2) is 0 Å². The standard InChI is InChI=1S/C25H26ClN3O3S/c1-17(2)27-9-11-28(12-10-27)23(30)20-7-3-5-18(13-20)15-22-24(31)29(25(32)33-22)16-19-6-4-8-21(26)14-19/h3-8,13-15,17H,9-12,16H2,1-2H3. The third kappa shape index (κ3) is 5.49. The van der Waals surface area contributed by atoms with Crippen LogP contribution < -0.4 is 0 Å². The number of nitrogens with zero attached hydrogens (tertiary/aromatic N) is 3. The van der Waals surface area contributed by atoms with Crippen LogP contribution in [0.2, 0.25) is 5.02 Å². The molecular weight excluding hydrogens is 458 g/mol. The Morgan fingerprint density at radius 2 is 1.79 bits per heavy atom. The molecule has 2 heterocycles. The summed E-state index contributed by atoms with van der Waals surface area (Å²) < 4.78 is 0. The Bertz CT molecular complexity index is 1110. The zero-order valence-electron chi connectivity index (χ0n) is 18.7. The van der Waals surface area contributed by atoms with Crippen LogP contribution >= 0.6 is 23.4 Å². The first-order valence-electron chi connectivity index (χ1n) is 10.9. The van der Waals surface area contributed by atoms with Gasteiger partial charge in [0.25, 0.3) is 17.1 Å². The quantitative estimate of drug-likeness (QED) is 0.575. The fraction of sp³-hybridized carbons (Fsp3) is 0.320. The van der Waals surface area contributed by atoms with E-state index in [0.717, 1.165) is 36.0 Å². The molecule has 0 saturated carbocycles. The van der Waals surface area contributed by atoms with Crippen LogP contribution in [0, 0.1) is 0 Å². The molecule has 0 N–H and O–H groups in total. The molecule has 2 aromatic carbocycles. The number of hydrogen-bond donors (Lipinski definition) is 0. The number of imide groups is 1. The first-order chi connectivity index (χ1) is 15.8. The molecule has 8 heteroatoms. The third-order valence-corrected chi connectivity index (χ3v) is 7.01. The molecule has 33 heavy (non-hydrogen) atoms. The van der Waals surface area contributed by atoms with Crippen molar-refractivity contribution in [1.82, 2.24) is 14.7 Å². The lowest BCUT2D eigenvalue weighted by Gasteiger charge is -2.37. The number of amides is 3. The number of piperazine rings is 1. The normalized spacial score (nSPS) is 18.6. The third-order valence-electron chi connectivity index (χ3n) is 5.87. The summed E-state index contributed by atoms with van der Waals surface area (Å²) in [5.41, 5.74) is 2.09. The van der Waals surface area contributed by atoms with Crippen LogP contribution in [-0.2, 0) is 11.3 Å². The average Bonchev–Trinajstić information content (AvgIpc) is 3.06. The van der Waals surface area contributed by atoms with E-state index in [0.29, 0.717) is 34.6 Å². The van der Waals surface area contributed by atoms with Crippen LogP contribution in [0.1, 0.15) is 35.3 Å². The van der Waals surface area contributed by atoms with Gasteiger partial charge in [-0.25, -0.2) is 0 Å². The minimum absolute atomic E-state index is 0.0114. The van der Waals surface area contributed by atoms with Gasteiger partial charge < -0.3 is 4.90 Å². The van der Waals surface area contributed by atoms with Crippen LogP contribution in [0.3, 0.4) is 0 Å². The van der Waals surface area contributed by atoms with Crippen LogP contribution in [0.5, 0.6) is 0 Å². The minimum Gasteiger partial charge on any atom is -0.336 e. The number of carbonyl (C=O) groups is 3. The molecule has 0 aliphatic carbocycles. The van der Waals surface area contributed by atoms with Crippen LogP contribution in [0.15, 0.2) is 53.4 Å². The summed E-state index contributed by atoms with van der Waals surface area (Å²) in [5.74, 6) is -0.353. The highest BCUT2D eigenvalue weighted by atomic mass is 35.5. The second kappa shape index (κ2) is 10.1. The summed E-state index contributed by atoms with van der Waals surface area (Å²) in [7, 11) is 0. The summed E-state index contributed by atoms with van der Waals surface area (Å²) in [6.07, 6.45) is 1.68. The van der Waals surface area contributed by atoms with E-state index >= 15 is 0 Å². The van der Waals surface area contributed by atoms with Crippen molar-refractivity contribution in [3.05, 3.63) is 75.1 Å². The number of rotatable bonds is 5. The maximum Gasteiger partial charge on any atom is 0.293 e. The number of carbonyl (C=O) groups excluding carboxylic acids is 3. The van der Waals surface area contributed by atoms with E-state index in [2.05, 4.69) is 18.7 Å². The van der Waals surface area contributed by atoms with Gasteiger partial charge in [0.2, 0.25) is 0 Å². The van der Waals surface area contributed by atoms with E-state index in [1.807, 2.05) is 17.0 Å². The number of hydrogen-bond acceptors (Lipinski definition) is 5. The Hall–Kier alpha value is -2.61. The molecule has 2 saturated heterocycles. The van der Waals surface area contributed by atoms with E-state index < -0.39 is 0 Å². The largest absolute Gasteiger partial charge is 0.336 e. The Morgan fingerprint density at radius 3 is 2.48 bits per heavy atom. The second-order valence-corrected chi connectivity index (χ2v) is 9.87. The molecule has 4 rings (SSSR count). The second-order valence-electron chi connectivity index (χ2n) is 8.45. The van der Waals surface area contributed by atoms with E-state index in [1.165, 1.54) is 4.90 Å².